The van der Waals surface area contributed by atoms with Gasteiger partial charge in [0.2, 0.25) is 0 Å². The number of carbonyl (C=O) groups is 3. The van der Waals surface area contributed by atoms with Gasteiger partial charge in [-0.2, -0.15) is 0 Å². The molecule has 1 saturated heterocycles. The first kappa shape index (κ1) is 21.5. The predicted molar refractivity (Wildman–Crippen MR) is 88.4 cm³/mol. The minimum atomic E-state index is -0.780. The number of ether oxygens (including phenoxy) is 3. The van der Waals surface area contributed by atoms with Crippen LogP contribution in [0.25, 0.3) is 0 Å². The fraction of sp³-hybridized carbons (Fsp3) is 0.824. The van der Waals surface area contributed by atoms with Crippen molar-refractivity contribution >= 4 is 17.8 Å². The lowest BCUT2D eigenvalue weighted by Crippen LogP contribution is -2.36. The molecule has 0 atom stereocenters. The maximum Gasteiger partial charge on any atom is 0.358 e. The molecule has 2 amide bonds. The molecule has 0 aromatic heterocycles. The maximum atomic E-state index is 11.7. The number of carbonyl (C=O) groups excluding carboxylic acids is 3. The maximum absolute atomic E-state index is 11.7. The topological polar surface area (TPSA) is 91.4 Å². The third-order valence-electron chi connectivity index (χ3n) is 3.88. The first-order chi connectivity index (χ1) is 11.6. The summed E-state index contributed by atoms with van der Waals surface area (Å²) in [7, 11) is 1.65. The molecule has 144 valence electrons. The van der Waals surface area contributed by atoms with Crippen LogP contribution in [0, 0.1) is 0 Å². The fourth-order valence-electron chi connectivity index (χ4n) is 2.11. The van der Waals surface area contributed by atoms with Crippen LogP contribution >= 0.6 is 0 Å². The van der Waals surface area contributed by atoms with Crippen molar-refractivity contribution in [3.63, 3.8) is 0 Å². The summed E-state index contributed by atoms with van der Waals surface area (Å²) in [5, 5.41) is 0.514. The number of methoxy groups -OCH3 is 1. The van der Waals surface area contributed by atoms with Gasteiger partial charge in [-0.15, -0.1) is 5.06 Å². The molecule has 1 aliphatic heterocycles. The van der Waals surface area contributed by atoms with Gasteiger partial charge in [0.15, 0.2) is 0 Å². The summed E-state index contributed by atoms with van der Waals surface area (Å²) >= 11 is 0. The molecular formula is C17H29NO7. The second-order valence-corrected chi connectivity index (χ2v) is 7.19. The summed E-state index contributed by atoms with van der Waals surface area (Å²) in [6.07, 6.45) is 1.47. The summed E-state index contributed by atoms with van der Waals surface area (Å²) in [4.78, 5) is 39.3. The molecule has 0 aliphatic carbocycles. The number of hydroxylamine groups is 2. The van der Waals surface area contributed by atoms with E-state index in [0.717, 1.165) is 6.42 Å². The number of nitrogens with zero attached hydrogens (tertiary/aromatic N) is 1. The van der Waals surface area contributed by atoms with Crippen molar-refractivity contribution in [2.75, 3.05) is 26.9 Å². The fourth-order valence-corrected chi connectivity index (χ4v) is 2.11. The largest absolute Gasteiger partial charge is 0.385 e. The lowest BCUT2D eigenvalue weighted by Gasteiger charge is -2.29. The van der Waals surface area contributed by atoms with Gasteiger partial charge < -0.3 is 19.0 Å². The average molecular weight is 359 g/mol. The van der Waals surface area contributed by atoms with Crippen LogP contribution < -0.4 is 0 Å². The lowest BCUT2D eigenvalue weighted by atomic mass is 10.0. The number of hydrogen-bond donors (Lipinski definition) is 0. The molecule has 0 aromatic rings. The highest BCUT2D eigenvalue weighted by atomic mass is 16.7. The van der Waals surface area contributed by atoms with Crippen molar-refractivity contribution in [3.8, 4) is 0 Å². The van der Waals surface area contributed by atoms with E-state index in [0.29, 0.717) is 24.7 Å². The van der Waals surface area contributed by atoms with Gasteiger partial charge in [-0.05, 0) is 40.5 Å². The Bertz CT molecular complexity index is 471. The van der Waals surface area contributed by atoms with E-state index in [1.165, 1.54) is 0 Å². The summed E-state index contributed by atoms with van der Waals surface area (Å²) in [6, 6.07) is 0. The van der Waals surface area contributed by atoms with E-state index < -0.39 is 23.4 Å². The van der Waals surface area contributed by atoms with Crippen molar-refractivity contribution in [3.05, 3.63) is 0 Å². The Morgan fingerprint density at radius 1 is 0.960 bits per heavy atom. The molecule has 1 rings (SSSR count). The summed E-state index contributed by atoms with van der Waals surface area (Å²) < 4.78 is 16.4. The predicted octanol–water partition coefficient (Wildman–Crippen LogP) is 1.61. The standard InChI is InChI=1S/C17H29NO7/c1-16(2,8-10-22-5)23-11-9-17(3,4)24-12-15(21)25-18-13(19)6-7-14(18)20/h6-12H2,1-5H3. The molecule has 0 spiro atoms. The van der Waals surface area contributed by atoms with E-state index in [1.54, 1.807) is 7.11 Å². The second kappa shape index (κ2) is 9.26. The third kappa shape index (κ3) is 7.94. The van der Waals surface area contributed by atoms with Crippen LogP contribution in [-0.4, -0.2) is 61.0 Å². The van der Waals surface area contributed by atoms with Crippen LogP contribution in [0.5, 0.6) is 0 Å². The molecule has 0 bridgehead atoms. The molecule has 1 heterocycles. The zero-order valence-corrected chi connectivity index (χ0v) is 15.8. The Kier molecular flexibility index (Phi) is 7.98. The molecule has 0 aromatic carbocycles. The zero-order chi connectivity index (χ0) is 19.1. The molecule has 0 saturated carbocycles. The van der Waals surface area contributed by atoms with Gasteiger partial charge in [0.25, 0.3) is 11.8 Å². The summed E-state index contributed by atoms with van der Waals surface area (Å²) in [6.45, 7) is 8.37. The van der Waals surface area contributed by atoms with Crippen molar-refractivity contribution in [1.82, 2.24) is 5.06 Å². The van der Waals surface area contributed by atoms with Gasteiger partial charge in [-0.25, -0.2) is 4.79 Å². The SMILES string of the molecule is COCCC(C)(C)OCCC(C)(C)OCC(=O)ON1C(=O)CCC1=O. The van der Waals surface area contributed by atoms with Crippen LogP contribution in [0.1, 0.15) is 53.4 Å². The Morgan fingerprint density at radius 2 is 1.48 bits per heavy atom. The number of imide groups is 1. The number of hydrogen-bond acceptors (Lipinski definition) is 7. The molecule has 0 unspecified atom stereocenters. The molecule has 1 aliphatic rings. The highest BCUT2D eigenvalue weighted by molar-refractivity contribution is 6.01. The molecule has 0 radical (unpaired) electrons. The smallest absolute Gasteiger partial charge is 0.358 e. The summed E-state index contributed by atoms with van der Waals surface area (Å²) in [5.74, 6) is -1.80. The molecule has 8 heteroatoms. The lowest BCUT2D eigenvalue weighted by molar-refractivity contribution is -0.203. The van der Waals surface area contributed by atoms with Crippen LogP contribution in [-0.2, 0) is 33.4 Å². The molecule has 25 heavy (non-hydrogen) atoms. The van der Waals surface area contributed by atoms with Gasteiger partial charge in [0.05, 0.1) is 17.8 Å². The summed E-state index contributed by atoms with van der Waals surface area (Å²) in [5.41, 5.74) is -0.920. The van der Waals surface area contributed by atoms with E-state index in [2.05, 4.69) is 0 Å². The molecular weight excluding hydrogens is 330 g/mol. The van der Waals surface area contributed by atoms with Crippen molar-refractivity contribution < 1.29 is 33.4 Å². The van der Waals surface area contributed by atoms with Crippen LogP contribution in [0.15, 0.2) is 0 Å². The average Bonchev–Trinajstić information content (AvgIpc) is 2.83. The van der Waals surface area contributed by atoms with Crippen molar-refractivity contribution in [2.24, 2.45) is 0 Å². The highest BCUT2D eigenvalue weighted by Gasteiger charge is 2.33. The zero-order valence-electron chi connectivity index (χ0n) is 15.8. The minimum Gasteiger partial charge on any atom is -0.385 e. The molecule has 8 nitrogen and oxygen atoms in total. The van der Waals surface area contributed by atoms with Crippen molar-refractivity contribution in [2.45, 2.75) is 64.6 Å². The quantitative estimate of drug-likeness (QED) is 0.518. The second-order valence-electron chi connectivity index (χ2n) is 7.19. The van der Waals surface area contributed by atoms with E-state index >= 15 is 0 Å². The first-order valence-corrected chi connectivity index (χ1v) is 8.40. The Labute approximate surface area is 148 Å². The number of amides is 2. The van der Waals surface area contributed by atoms with E-state index in [9.17, 15) is 14.4 Å². The van der Waals surface area contributed by atoms with Crippen LogP contribution in [0.3, 0.4) is 0 Å². The van der Waals surface area contributed by atoms with Gasteiger partial charge in [-0.3, -0.25) is 9.59 Å². The van der Waals surface area contributed by atoms with Crippen molar-refractivity contribution in [1.29, 1.82) is 0 Å². The van der Waals surface area contributed by atoms with Crippen LogP contribution in [0.2, 0.25) is 0 Å². The van der Waals surface area contributed by atoms with Gasteiger partial charge in [-0.1, -0.05) is 0 Å². The third-order valence-corrected chi connectivity index (χ3v) is 3.88. The van der Waals surface area contributed by atoms with Crippen LogP contribution in [0.4, 0.5) is 0 Å². The first-order valence-electron chi connectivity index (χ1n) is 8.40. The minimum absolute atomic E-state index is 0.0641. The normalized spacial score (nSPS) is 15.8. The van der Waals surface area contributed by atoms with E-state index in [1.807, 2.05) is 27.7 Å². The Morgan fingerprint density at radius 3 is 2.04 bits per heavy atom. The molecule has 1 fully saturated rings. The monoisotopic (exact) mass is 359 g/mol. The number of rotatable bonds is 11. The molecule has 0 N–H and O–H groups in total. The highest BCUT2D eigenvalue weighted by Crippen LogP contribution is 2.20. The Hall–Kier alpha value is -1.51. The van der Waals surface area contributed by atoms with E-state index in [-0.39, 0.29) is 25.0 Å². The Balaban J connectivity index is 2.31. The van der Waals surface area contributed by atoms with Gasteiger partial charge in [0, 0.05) is 26.6 Å². The van der Waals surface area contributed by atoms with E-state index in [4.69, 9.17) is 19.0 Å². The van der Waals surface area contributed by atoms with Gasteiger partial charge >= 0.3 is 5.97 Å². The van der Waals surface area contributed by atoms with Gasteiger partial charge in [0.1, 0.15) is 6.61 Å².